The van der Waals surface area contributed by atoms with Gasteiger partial charge in [0, 0.05) is 5.75 Å². The Labute approximate surface area is 101 Å². The second-order valence-corrected chi connectivity index (χ2v) is 8.15. The zero-order valence-electron chi connectivity index (χ0n) is 9.25. The zero-order chi connectivity index (χ0) is 12.7. The molecule has 0 radical (unpaired) electrons. The van der Waals surface area contributed by atoms with Gasteiger partial charge in [-0.25, -0.2) is 16.8 Å². The predicted octanol–water partition coefficient (Wildman–Crippen LogP) is 1.25. The number of fused-ring (bicyclic) bond motifs is 1. The number of sulfone groups is 2. The van der Waals surface area contributed by atoms with Gasteiger partial charge in [-0.1, -0.05) is 25.1 Å². The van der Waals surface area contributed by atoms with Crippen molar-refractivity contribution < 1.29 is 16.8 Å². The Kier molecular flexibility index (Phi) is 2.87. The van der Waals surface area contributed by atoms with E-state index in [1.807, 2.05) is 0 Å². The second-order valence-electron chi connectivity index (χ2n) is 3.83. The van der Waals surface area contributed by atoms with E-state index in [0.717, 1.165) is 0 Å². The van der Waals surface area contributed by atoms with Crippen LogP contribution in [-0.4, -0.2) is 28.3 Å². The van der Waals surface area contributed by atoms with Crippen LogP contribution in [0.25, 0.3) is 6.08 Å². The third-order valence-corrected chi connectivity index (χ3v) is 6.39. The normalized spacial score (nSPS) is 17.6. The molecule has 0 spiro atoms. The van der Waals surface area contributed by atoms with Gasteiger partial charge in [0.05, 0.1) is 15.6 Å². The number of hydrogen-bond donors (Lipinski definition) is 0. The van der Waals surface area contributed by atoms with E-state index < -0.39 is 25.4 Å². The van der Waals surface area contributed by atoms with Crippen molar-refractivity contribution in [2.24, 2.45) is 0 Å². The first-order chi connectivity index (χ1) is 7.87. The highest BCUT2D eigenvalue weighted by Gasteiger charge is 2.31. The Hall–Kier alpha value is -1.14. The van der Waals surface area contributed by atoms with Crippen LogP contribution in [0.2, 0.25) is 0 Å². The van der Waals surface area contributed by atoms with Crippen LogP contribution in [0.5, 0.6) is 0 Å². The lowest BCUT2D eigenvalue weighted by Gasteiger charge is -2.03. The molecule has 0 atom stereocenters. The molecule has 6 heteroatoms. The summed E-state index contributed by atoms with van der Waals surface area (Å²) in [5.41, 5.74) is 0.564. The standard InChI is InChI=1S/C11H12O4S2/c1-2-16(12,13)8-10-7-9-5-3-4-6-11(9)17(10,14)15/h3-7H,2,8H2,1H3. The lowest BCUT2D eigenvalue weighted by atomic mass is 10.2. The highest BCUT2D eigenvalue weighted by molar-refractivity contribution is 7.98. The maximum Gasteiger partial charge on any atom is 0.204 e. The predicted molar refractivity (Wildman–Crippen MR) is 65.9 cm³/mol. The Morgan fingerprint density at radius 1 is 1.18 bits per heavy atom. The van der Waals surface area contributed by atoms with Crippen LogP contribution in [0.1, 0.15) is 12.5 Å². The van der Waals surface area contributed by atoms with Crippen LogP contribution in [0, 0.1) is 0 Å². The quantitative estimate of drug-likeness (QED) is 0.830. The van der Waals surface area contributed by atoms with E-state index in [-0.39, 0.29) is 15.6 Å². The summed E-state index contributed by atoms with van der Waals surface area (Å²) in [6, 6.07) is 6.51. The summed E-state index contributed by atoms with van der Waals surface area (Å²) in [4.78, 5) is 0.168. The number of rotatable bonds is 3. The minimum absolute atomic E-state index is 0.0273. The summed E-state index contributed by atoms with van der Waals surface area (Å²) < 4.78 is 47.1. The lowest BCUT2D eigenvalue weighted by molar-refractivity contribution is 0.594. The largest absolute Gasteiger partial charge is 0.228 e. The molecule has 1 aromatic rings. The first-order valence-electron chi connectivity index (χ1n) is 5.12. The minimum atomic E-state index is -3.61. The van der Waals surface area contributed by atoms with Gasteiger partial charge in [0.2, 0.25) is 9.84 Å². The maximum atomic E-state index is 12.0. The van der Waals surface area contributed by atoms with Crippen molar-refractivity contribution in [1.29, 1.82) is 0 Å². The van der Waals surface area contributed by atoms with Crippen LogP contribution in [0.3, 0.4) is 0 Å². The third kappa shape index (κ3) is 2.14. The molecule has 17 heavy (non-hydrogen) atoms. The summed E-state index contributed by atoms with van der Waals surface area (Å²) in [6.07, 6.45) is 1.44. The Bertz CT molecular complexity index is 682. The van der Waals surface area contributed by atoms with Gasteiger partial charge in [-0.3, -0.25) is 0 Å². The lowest BCUT2D eigenvalue weighted by Crippen LogP contribution is -2.14. The third-order valence-electron chi connectivity index (χ3n) is 2.67. The maximum absolute atomic E-state index is 12.0. The van der Waals surface area contributed by atoms with E-state index in [1.54, 1.807) is 18.2 Å². The fourth-order valence-electron chi connectivity index (χ4n) is 1.67. The topological polar surface area (TPSA) is 68.3 Å². The Morgan fingerprint density at radius 2 is 1.82 bits per heavy atom. The van der Waals surface area contributed by atoms with E-state index in [2.05, 4.69) is 0 Å². The van der Waals surface area contributed by atoms with Crippen LogP contribution in [0.15, 0.2) is 34.1 Å². The molecule has 0 saturated heterocycles. The van der Waals surface area contributed by atoms with Crippen molar-refractivity contribution in [1.82, 2.24) is 0 Å². The highest BCUT2D eigenvalue weighted by Crippen LogP contribution is 2.33. The summed E-state index contributed by atoms with van der Waals surface area (Å²) in [5, 5.41) is 0. The van der Waals surface area contributed by atoms with Gasteiger partial charge in [-0.2, -0.15) is 0 Å². The van der Waals surface area contributed by atoms with E-state index in [0.29, 0.717) is 5.56 Å². The summed E-state index contributed by atoms with van der Waals surface area (Å²) >= 11 is 0. The van der Waals surface area contributed by atoms with Gasteiger partial charge in [0.25, 0.3) is 0 Å². The van der Waals surface area contributed by atoms with Crippen LogP contribution in [-0.2, 0) is 19.7 Å². The first kappa shape index (κ1) is 12.3. The van der Waals surface area contributed by atoms with Crippen molar-refractivity contribution >= 4 is 25.8 Å². The minimum Gasteiger partial charge on any atom is -0.228 e. The highest BCUT2D eigenvalue weighted by atomic mass is 32.2. The Morgan fingerprint density at radius 3 is 2.41 bits per heavy atom. The van der Waals surface area contributed by atoms with Crippen LogP contribution >= 0.6 is 0 Å². The SMILES string of the molecule is CCS(=O)(=O)CC1=Cc2ccccc2S1(=O)=O. The van der Waals surface area contributed by atoms with Gasteiger partial charge in [0.15, 0.2) is 9.84 Å². The fraction of sp³-hybridized carbons (Fsp3) is 0.273. The monoisotopic (exact) mass is 272 g/mol. The molecule has 92 valence electrons. The molecule has 1 aliphatic rings. The molecule has 1 aliphatic heterocycles. The number of benzene rings is 1. The summed E-state index contributed by atoms with van der Waals surface area (Å²) in [6.45, 7) is 1.50. The van der Waals surface area contributed by atoms with E-state index in [9.17, 15) is 16.8 Å². The van der Waals surface area contributed by atoms with Crippen LogP contribution < -0.4 is 0 Å². The Balaban J connectivity index is 2.49. The molecule has 0 aromatic heterocycles. The molecule has 0 unspecified atom stereocenters. The van der Waals surface area contributed by atoms with Gasteiger partial charge >= 0.3 is 0 Å². The van der Waals surface area contributed by atoms with Gasteiger partial charge in [-0.05, 0) is 17.7 Å². The molecule has 0 saturated carbocycles. The molecule has 0 fully saturated rings. The molecule has 0 bridgehead atoms. The van der Waals surface area contributed by atoms with E-state index in [1.165, 1.54) is 19.1 Å². The number of hydrogen-bond acceptors (Lipinski definition) is 4. The molecule has 1 heterocycles. The second kappa shape index (κ2) is 3.96. The summed E-state index contributed by atoms with van der Waals surface area (Å²) in [5.74, 6) is -0.475. The van der Waals surface area contributed by atoms with E-state index in [4.69, 9.17) is 0 Å². The van der Waals surface area contributed by atoms with Crippen molar-refractivity contribution in [3.8, 4) is 0 Å². The molecule has 1 aromatic carbocycles. The zero-order valence-corrected chi connectivity index (χ0v) is 10.9. The molecule has 4 nitrogen and oxygen atoms in total. The average Bonchev–Trinajstić information content (AvgIpc) is 2.51. The first-order valence-corrected chi connectivity index (χ1v) is 8.42. The molecular weight excluding hydrogens is 260 g/mol. The summed E-state index contributed by atoms with van der Waals surface area (Å²) in [7, 11) is -6.95. The van der Waals surface area contributed by atoms with Gasteiger partial charge < -0.3 is 0 Å². The van der Waals surface area contributed by atoms with Gasteiger partial charge in [-0.15, -0.1) is 0 Å². The molecular formula is C11H12O4S2. The fourth-order valence-corrected chi connectivity index (χ4v) is 4.81. The van der Waals surface area contributed by atoms with Gasteiger partial charge in [0.1, 0.15) is 0 Å². The van der Waals surface area contributed by atoms with Crippen LogP contribution in [0.4, 0.5) is 0 Å². The van der Waals surface area contributed by atoms with Crippen molar-refractivity contribution in [2.45, 2.75) is 11.8 Å². The molecule has 0 aliphatic carbocycles. The van der Waals surface area contributed by atoms with Crippen molar-refractivity contribution in [3.05, 3.63) is 34.7 Å². The molecule has 0 amide bonds. The molecule has 0 N–H and O–H groups in total. The smallest absolute Gasteiger partial charge is 0.204 e. The van der Waals surface area contributed by atoms with E-state index >= 15 is 0 Å². The van der Waals surface area contributed by atoms with Crippen molar-refractivity contribution in [3.63, 3.8) is 0 Å². The van der Waals surface area contributed by atoms with Crippen molar-refractivity contribution in [2.75, 3.05) is 11.5 Å². The average molecular weight is 272 g/mol. The molecule has 2 rings (SSSR count).